The van der Waals surface area contributed by atoms with Gasteiger partial charge in [0.15, 0.2) is 0 Å². The fourth-order valence-corrected chi connectivity index (χ4v) is 6.31. The summed E-state index contributed by atoms with van der Waals surface area (Å²) in [7, 11) is -3.44. The number of sulfonamides is 1. The Balaban J connectivity index is 1.31. The highest BCUT2D eigenvalue weighted by atomic mass is 32.2. The quantitative estimate of drug-likeness (QED) is 0.620. The maximum Gasteiger partial charge on any atom is 0.235 e. The number of carbonyl (C=O) groups excluding carboxylic acids is 2. The summed E-state index contributed by atoms with van der Waals surface area (Å²) in [6.45, 7) is 1.75. The van der Waals surface area contributed by atoms with Gasteiger partial charge in [-0.3, -0.25) is 9.59 Å². The Bertz CT molecular complexity index is 741. The molecular formula is C19H30FN3O4S. The number of nitrogens with zero attached hydrogens (tertiary/aromatic N) is 1. The normalized spacial score (nSPS) is 37.0. The van der Waals surface area contributed by atoms with Gasteiger partial charge in [0.2, 0.25) is 21.8 Å². The van der Waals surface area contributed by atoms with Crippen LogP contribution in [0.4, 0.5) is 4.39 Å². The van der Waals surface area contributed by atoms with Gasteiger partial charge in [0, 0.05) is 12.0 Å². The van der Waals surface area contributed by atoms with E-state index in [1.54, 1.807) is 4.90 Å². The lowest BCUT2D eigenvalue weighted by Gasteiger charge is -2.41. The van der Waals surface area contributed by atoms with E-state index in [9.17, 15) is 18.0 Å². The van der Waals surface area contributed by atoms with E-state index in [-0.39, 0.29) is 24.4 Å². The Hall–Kier alpha value is -1.22. The molecular weight excluding hydrogens is 385 g/mol. The summed E-state index contributed by atoms with van der Waals surface area (Å²) in [5.41, 5.74) is 0. The first-order valence-corrected chi connectivity index (χ1v) is 12.1. The van der Waals surface area contributed by atoms with E-state index in [0.717, 1.165) is 25.7 Å². The fourth-order valence-electron chi connectivity index (χ4n) is 4.98. The van der Waals surface area contributed by atoms with Gasteiger partial charge < -0.3 is 10.2 Å². The van der Waals surface area contributed by atoms with Crippen molar-refractivity contribution in [2.45, 2.75) is 87.8 Å². The summed E-state index contributed by atoms with van der Waals surface area (Å²) in [4.78, 5) is 26.8. The maximum absolute atomic E-state index is 15.1. The molecule has 2 saturated carbocycles. The highest BCUT2D eigenvalue weighted by Crippen LogP contribution is 2.47. The van der Waals surface area contributed by atoms with Crippen molar-refractivity contribution in [2.75, 3.05) is 6.54 Å². The van der Waals surface area contributed by atoms with Gasteiger partial charge in [-0.25, -0.2) is 17.5 Å². The SMILES string of the molecule is CCC[C@@H]1C[C@H]1C(=O)N1[C@@H]2CC[C@H]1[C@H](F)[C@@H](NC(=O)CNS(=O)(=O)C1CC1)C2. The summed E-state index contributed by atoms with van der Waals surface area (Å²) in [6.07, 6.45) is 4.76. The molecule has 2 aliphatic heterocycles. The van der Waals surface area contributed by atoms with Crippen LogP contribution in [0.15, 0.2) is 0 Å². The molecule has 4 aliphatic rings. The average Bonchev–Trinajstić information content (AvgIpc) is 3.55. The van der Waals surface area contributed by atoms with Crippen LogP contribution in [0, 0.1) is 11.8 Å². The van der Waals surface area contributed by atoms with Gasteiger partial charge in [-0.1, -0.05) is 13.3 Å². The second-order valence-corrected chi connectivity index (χ2v) is 10.9. The lowest BCUT2D eigenvalue weighted by Crippen LogP contribution is -2.60. The molecule has 4 fully saturated rings. The smallest absolute Gasteiger partial charge is 0.235 e. The Labute approximate surface area is 165 Å². The number of hydrogen-bond acceptors (Lipinski definition) is 4. The van der Waals surface area contributed by atoms with E-state index in [0.29, 0.717) is 31.6 Å². The summed E-state index contributed by atoms with van der Waals surface area (Å²) in [6, 6.07) is -1.16. The number of piperidine rings is 1. The molecule has 4 rings (SSSR count). The van der Waals surface area contributed by atoms with Crippen LogP contribution in [-0.4, -0.2) is 61.2 Å². The van der Waals surface area contributed by atoms with E-state index in [2.05, 4.69) is 17.0 Å². The van der Waals surface area contributed by atoms with Gasteiger partial charge in [-0.15, -0.1) is 0 Å². The molecule has 0 unspecified atom stereocenters. The van der Waals surface area contributed by atoms with Crippen molar-refractivity contribution in [1.29, 1.82) is 0 Å². The summed E-state index contributed by atoms with van der Waals surface area (Å²) < 4.78 is 41.0. The van der Waals surface area contributed by atoms with Gasteiger partial charge in [0.1, 0.15) is 6.17 Å². The number of nitrogens with one attached hydrogen (secondary N) is 2. The summed E-state index contributed by atoms with van der Waals surface area (Å²) >= 11 is 0. The third kappa shape index (κ3) is 3.92. The number of halogens is 1. The maximum atomic E-state index is 15.1. The first-order chi connectivity index (χ1) is 13.3. The van der Waals surface area contributed by atoms with Crippen LogP contribution in [0.3, 0.4) is 0 Å². The molecule has 6 atom stereocenters. The fraction of sp³-hybridized carbons (Fsp3) is 0.895. The van der Waals surface area contributed by atoms with Crippen LogP contribution in [0.5, 0.6) is 0 Å². The molecule has 28 heavy (non-hydrogen) atoms. The molecule has 9 heteroatoms. The lowest BCUT2D eigenvalue weighted by atomic mass is 9.94. The summed E-state index contributed by atoms with van der Waals surface area (Å²) in [5.74, 6) is 0.0851. The van der Waals surface area contributed by atoms with Crippen molar-refractivity contribution in [3.8, 4) is 0 Å². The standard InChI is InChI=1S/C19H30FN3O4S/c1-2-3-11-8-14(11)19(25)23-12-4-7-16(23)18(20)15(9-12)22-17(24)10-21-28(26,27)13-5-6-13/h11-16,18,21H,2-10H2,1H3,(H,22,24)/t11-,12-,14-,15+,16+,18-/m1/s1. The van der Waals surface area contributed by atoms with Crippen LogP contribution in [-0.2, 0) is 19.6 Å². The lowest BCUT2D eigenvalue weighted by molar-refractivity contribution is -0.140. The molecule has 0 spiro atoms. The number of rotatable bonds is 8. The van der Waals surface area contributed by atoms with Gasteiger partial charge in [-0.2, -0.15) is 0 Å². The number of alkyl halides is 1. The van der Waals surface area contributed by atoms with E-state index in [4.69, 9.17) is 0 Å². The van der Waals surface area contributed by atoms with Crippen LogP contribution in [0.1, 0.15) is 58.3 Å². The first-order valence-electron chi connectivity index (χ1n) is 10.6. The highest BCUT2D eigenvalue weighted by molar-refractivity contribution is 7.90. The molecule has 0 aromatic heterocycles. The van der Waals surface area contributed by atoms with Crippen molar-refractivity contribution in [3.63, 3.8) is 0 Å². The van der Waals surface area contributed by atoms with Gasteiger partial charge in [0.25, 0.3) is 0 Å². The minimum Gasteiger partial charge on any atom is -0.349 e. The number of amides is 2. The molecule has 2 amide bonds. The molecule has 2 aliphatic carbocycles. The molecule has 158 valence electrons. The molecule has 7 nitrogen and oxygen atoms in total. The predicted molar refractivity (Wildman–Crippen MR) is 102 cm³/mol. The number of fused-ring (bicyclic) bond motifs is 2. The molecule has 0 aromatic carbocycles. The highest BCUT2D eigenvalue weighted by Gasteiger charge is 2.54. The Morgan fingerprint density at radius 2 is 1.89 bits per heavy atom. The molecule has 2 saturated heterocycles. The second-order valence-electron chi connectivity index (χ2n) is 8.85. The van der Waals surface area contributed by atoms with Crippen LogP contribution < -0.4 is 10.0 Å². The third-order valence-corrected chi connectivity index (χ3v) is 8.62. The van der Waals surface area contributed by atoms with Crippen molar-refractivity contribution >= 4 is 21.8 Å². The minimum atomic E-state index is -3.44. The first kappa shape index (κ1) is 20.1. The topological polar surface area (TPSA) is 95.6 Å². The van der Waals surface area contributed by atoms with E-state index >= 15 is 4.39 Å². The van der Waals surface area contributed by atoms with Crippen molar-refractivity contribution < 1.29 is 22.4 Å². The second kappa shape index (κ2) is 7.55. The van der Waals surface area contributed by atoms with Crippen molar-refractivity contribution in [1.82, 2.24) is 14.9 Å². The third-order valence-electron chi connectivity index (χ3n) is 6.72. The summed E-state index contributed by atoms with van der Waals surface area (Å²) in [5, 5.41) is 2.27. The van der Waals surface area contributed by atoms with Crippen molar-refractivity contribution in [3.05, 3.63) is 0 Å². The zero-order chi connectivity index (χ0) is 20.1. The number of hydrogen-bond donors (Lipinski definition) is 2. The molecule has 2 bridgehead atoms. The van der Waals surface area contributed by atoms with Gasteiger partial charge in [0.05, 0.1) is 23.9 Å². The Morgan fingerprint density at radius 3 is 2.57 bits per heavy atom. The number of carbonyl (C=O) groups is 2. The van der Waals surface area contributed by atoms with E-state index < -0.39 is 39.4 Å². The molecule has 2 N–H and O–H groups in total. The van der Waals surface area contributed by atoms with E-state index in [1.165, 1.54) is 0 Å². The Kier molecular flexibility index (Phi) is 5.41. The largest absolute Gasteiger partial charge is 0.349 e. The monoisotopic (exact) mass is 415 g/mol. The van der Waals surface area contributed by atoms with Crippen LogP contribution in [0.25, 0.3) is 0 Å². The zero-order valence-corrected chi connectivity index (χ0v) is 17.1. The Morgan fingerprint density at radius 1 is 1.14 bits per heavy atom. The average molecular weight is 416 g/mol. The zero-order valence-electron chi connectivity index (χ0n) is 16.3. The van der Waals surface area contributed by atoms with Gasteiger partial charge >= 0.3 is 0 Å². The van der Waals surface area contributed by atoms with E-state index in [1.807, 2.05) is 0 Å². The van der Waals surface area contributed by atoms with Crippen LogP contribution in [0.2, 0.25) is 0 Å². The van der Waals surface area contributed by atoms with Gasteiger partial charge in [-0.05, 0) is 50.9 Å². The minimum absolute atomic E-state index is 0.0270. The predicted octanol–water partition coefficient (Wildman–Crippen LogP) is 1.09. The molecule has 0 radical (unpaired) electrons. The molecule has 2 heterocycles. The van der Waals surface area contributed by atoms with Crippen molar-refractivity contribution in [2.24, 2.45) is 11.8 Å². The van der Waals surface area contributed by atoms with Crippen LogP contribution >= 0.6 is 0 Å². The molecule has 0 aromatic rings.